The van der Waals surface area contributed by atoms with E-state index in [-0.39, 0.29) is 23.4 Å². The highest BCUT2D eigenvalue weighted by molar-refractivity contribution is 8.00. The smallest absolute Gasteiger partial charge is 0.263 e. The number of amides is 2. The third kappa shape index (κ3) is 5.99. The largest absolute Gasteiger partial charge is 0.496 e. The molecule has 0 unspecified atom stereocenters. The van der Waals surface area contributed by atoms with Gasteiger partial charge in [0.15, 0.2) is 0 Å². The minimum atomic E-state index is -0.370. The van der Waals surface area contributed by atoms with Gasteiger partial charge in [-0.25, -0.2) is 4.39 Å². The number of methoxy groups -OCH3 is 2. The van der Waals surface area contributed by atoms with Crippen molar-refractivity contribution in [1.82, 2.24) is 0 Å². The lowest BCUT2D eigenvalue weighted by molar-refractivity contribution is -0.113. The van der Waals surface area contributed by atoms with Gasteiger partial charge >= 0.3 is 0 Å². The molecule has 6 nitrogen and oxygen atoms in total. The highest BCUT2D eigenvalue weighted by Gasteiger charge is 2.18. The molecule has 2 N–H and O–H groups in total. The topological polar surface area (TPSA) is 76.7 Å². The van der Waals surface area contributed by atoms with Crippen LogP contribution in [0.15, 0.2) is 71.6 Å². The van der Waals surface area contributed by atoms with Gasteiger partial charge < -0.3 is 20.1 Å². The molecule has 0 aliphatic heterocycles. The van der Waals surface area contributed by atoms with Crippen LogP contribution < -0.4 is 20.1 Å². The van der Waals surface area contributed by atoms with E-state index >= 15 is 0 Å². The molecular weight excluding hydrogens is 419 g/mol. The number of hydrogen-bond acceptors (Lipinski definition) is 5. The summed E-state index contributed by atoms with van der Waals surface area (Å²) in [6, 6.07) is 17.8. The standard InChI is InChI=1S/C23H21FN2O4S/c1-29-19-7-4-8-20(30-2)22(19)23(28)26-17-5-3-6-18(13-17)31-14-21(27)25-16-11-9-15(24)10-12-16/h3-13H,14H2,1-2H3,(H,25,27)(H,26,28). The number of carbonyl (C=O) groups excluding carboxylic acids is 2. The van der Waals surface area contributed by atoms with E-state index in [2.05, 4.69) is 10.6 Å². The molecule has 0 aliphatic rings. The van der Waals surface area contributed by atoms with Gasteiger partial charge in [-0.2, -0.15) is 0 Å². The second-order valence-corrected chi connectivity index (χ2v) is 7.41. The maximum Gasteiger partial charge on any atom is 0.263 e. The molecule has 0 bridgehead atoms. The summed E-state index contributed by atoms with van der Waals surface area (Å²) in [5, 5.41) is 5.54. The number of rotatable bonds is 8. The summed E-state index contributed by atoms with van der Waals surface area (Å²) in [5.41, 5.74) is 1.39. The zero-order valence-corrected chi connectivity index (χ0v) is 17.8. The van der Waals surface area contributed by atoms with E-state index in [4.69, 9.17) is 9.47 Å². The van der Waals surface area contributed by atoms with Crippen molar-refractivity contribution in [3.05, 3.63) is 78.1 Å². The van der Waals surface area contributed by atoms with E-state index in [1.165, 1.54) is 50.2 Å². The molecule has 3 rings (SSSR count). The summed E-state index contributed by atoms with van der Waals surface area (Å²) in [4.78, 5) is 25.8. The Balaban J connectivity index is 1.63. The van der Waals surface area contributed by atoms with Crippen LogP contribution in [-0.2, 0) is 4.79 Å². The number of halogens is 1. The fourth-order valence-electron chi connectivity index (χ4n) is 2.81. The number of benzene rings is 3. The summed E-state index contributed by atoms with van der Waals surface area (Å²) in [7, 11) is 2.97. The molecule has 0 atom stereocenters. The van der Waals surface area contributed by atoms with Crippen molar-refractivity contribution in [2.24, 2.45) is 0 Å². The van der Waals surface area contributed by atoms with Crippen molar-refractivity contribution in [2.45, 2.75) is 4.90 Å². The number of hydrogen-bond donors (Lipinski definition) is 2. The molecule has 0 saturated heterocycles. The number of anilines is 2. The van der Waals surface area contributed by atoms with Crippen LogP contribution in [-0.4, -0.2) is 31.8 Å². The van der Waals surface area contributed by atoms with Crippen LogP contribution in [0, 0.1) is 5.82 Å². The molecular formula is C23H21FN2O4S. The maximum atomic E-state index is 13.0. The molecule has 0 fully saturated rings. The Morgan fingerprint density at radius 2 is 1.52 bits per heavy atom. The average molecular weight is 440 g/mol. The third-order valence-electron chi connectivity index (χ3n) is 4.24. The summed E-state index contributed by atoms with van der Waals surface area (Å²) in [5.74, 6) is 0.0155. The predicted molar refractivity (Wildman–Crippen MR) is 120 cm³/mol. The second-order valence-electron chi connectivity index (χ2n) is 6.36. The molecule has 0 radical (unpaired) electrons. The second kappa shape index (κ2) is 10.5. The van der Waals surface area contributed by atoms with Gasteiger partial charge in [0.25, 0.3) is 5.91 Å². The van der Waals surface area contributed by atoms with Crippen LogP contribution in [0.2, 0.25) is 0 Å². The third-order valence-corrected chi connectivity index (χ3v) is 5.24. The minimum absolute atomic E-state index is 0.162. The Hall–Kier alpha value is -3.52. The normalized spacial score (nSPS) is 10.3. The molecule has 31 heavy (non-hydrogen) atoms. The highest BCUT2D eigenvalue weighted by atomic mass is 32.2. The van der Waals surface area contributed by atoms with Crippen LogP contribution in [0.3, 0.4) is 0 Å². The number of carbonyl (C=O) groups is 2. The number of nitrogens with one attached hydrogen (secondary N) is 2. The molecule has 0 saturated carbocycles. The first-order valence-corrected chi connectivity index (χ1v) is 10.3. The maximum absolute atomic E-state index is 13.0. The van der Waals surface area contributed by atoms with Crippen LogP contribution in [0.5, 0.6) is 11.5 Å². The zero-order chi connectivity index (χ0) is 22.2. The van der Waals surface area contributed by atoms with E-state index in [0.29, 0.717) is 28.4 Å². The molecule has 0 aromatic heterocycles. The van der Waals surface area contributed by atoms with Crippen molar-refractivity contribution in [1.29, 1.82) is 0 Å². The van der Waals surface area contributed by atoms with Crippen LogP contribution in [0.25, 0.3) is 0 Å². The molecule has 2 amide bonds. The average Bonchev–Trinajstić information content (AvgIpc) is 2.78. The fraction of sp³-hybridized carbons (Fsp3) is 0.130. The van der Waals surface area contributed by atoms with Crippen molar-refractivity contribution in [2.75, 3.05) is 30.6 Å². The first-order chi connectivity index (χ1) is 15.0. The Morgan fingerprint density at radius 3 is 2.16 bits per heavy atom. The SMILES string of the molecule is COc1cccc(OC)c1C(=O)Nc1cccc(SCC(=O)Nc2ccc(F)cc2)c1. The molecule has 0 aliphatic carbocycles. The Morgan fingerprint density at radius 1 is 0.871 bits per heavy atom. The summed E-state index contributed by atoms with van der Waals surface area (Å²) in [6.45, 7) is 0. The molecule has 3 aromatic rings. The number of thioether (sulfide) groups is 1. The Labute approximate surface area is 183 Å². The van der Waals surface area contributed by atoms with Gasteiger partial charge in [0, 0.05) is 16.3 Å². The van der Waals surface area contributed by atoms with Gasteiger partial charge in [-0.15, -0.1) is 11.8 Å². The van der Waals surface area contributed by atoms with Gasteiger partial charge in [0.05, 0.1) is 20.0 Å². The summed E-state index contributed by atoms with van der Waals surface area (Å²) < 4.78 is 23.5. The molecule has 3 aromatic carbocycles. The lowest BCUT2D eigenvalue weighted by Gasteiger charge is -2.13. The minimum Gasteiger partial charge on any atom is -0.496 e. The van der Waals surface area contributed by atoms with E-state index in [1.807, 2.05) is 6.07 Å². The summed E-state index contributed by atoms with van der Waals surface area (Å²) >= 11 is 1.32. The molecule has 0 heterocycles. The van der Waals surface area contributed by atoms with Crippen molar-refractivity contribution < 1.29 is 23.5 Å². The first kappa shape index (κ1) is 22.2. The zero-order valence-electron chi connectivity index (χ0n) is 17.0. The van der Waals surface area contributed by atoms with Crippen LogP contribution in [0.4, 0.5) is 15.8 Å². The van der Waals surface area contributed by atoms with Gasteiger partial charge in [0.2, 0.25) is 5.91 Å². The monoisotopic (exact) mass is 440 g/mol. The van der Waals surface area contributed by atoms with E-state index in [0.717, 1.165) is 4.90 Å². The lowest BCUT2D eigenvalue weighted by atomic mass is 10.1. The lowest BCUT2D eigenvalue weighted by Crippen LogP contribution is -2.15. The summed E-state index contributed by atoms with van der Waals surface area (Å²) in [6.07, 6.45) is 0. The van der Waals surface area contributed by atoms with Crippen molar-refractivity contribution in [3.63, 3.8) is 0 Å². The van der Waals surface area contributed by atoms with E-state index in [1.54, 1.807) is 36.4 Å². The van der Waals surface area contributed by atoms with Crippen molar-refractivity contribution >= 4 is 35.0 Å². The van der Waals surface area contributed by atoms with Gasteiger partial charge in [-0.1, -0.05) is 12.1 Å². The predicted octanol–water partition coefficient (Wildman–Crippen LogP) is 4.83. The molecule has 0 spiro atoms. The van der Waals surface area contributed by atoms with Gasteiger partial charge in [-0.3, -0.25) is 9.59 Å². The Kier molecular flexibility index (Phi) is 7.50. The van der Waals surface area contributed by atoms with Crippen molar-refractivity contribution in [3.8, 4) is 11.5 Å². The van der Waals surface area contributed by atoms with Crippen LogP contribution in [0.1, 0.15) is 10.4 Å². The molecule has 8 heteroatoms. The molecule has 160 valence electrons. The fourth-order valence-corrected chi connectivity index (χ4v) is 3.57. The first-order valence-electron chi connectivity index (χ1n) is 9.31. The van der Waals surface area contributed by atoms with E-state index in [9.17, 15) is 14.0 Å². The Bertz CT molecular complexity index is 1050. The van der Waals surface area contributed by atoms with E-state index < -0.39 is 0 Å². The van der Waals surface area contributed by atoms with Gasteiger partial charge in [-0.05, 0) is 54.6 Å². The van der Waals surface area contributed by atoms with Gasteiger partial charge in [0.1, 0.15) is 22.9 Å². The quantitative estimate of drug-likeness (QED) is 0.491. The highest BCUT2D eigenvalue weighted by Crippen LogP contribution is 2.29. The van der Waals surface area contributed by atoms with Crippen LogP contribution >= 0.6 is 11.8 Å². The number of ether oxygens (including phenoxy) is 2.